The lowest BCUT2D eigenvalue weighted by atomic mass is 9.99. The highest BCUT2D eigenvalue weighted by Crippen LogP contribution is 2.16. The molecule has 1 atom stereocenters. The van der Waals surface area contributed by atoms with Gasteiger partial charge < -0.3 is 14.7 Å². The first kappa shape index (κ1) is 11.5. The summed E-state index contributed by atoms with van der Waals surface area (Å²) in [5.74, 6) is -0.124. The van der Waals surface area contributed by atoms with Gasteiger partial charge in [-0.25, -0.2) is 0 Å². The summed E-state index contributed by atoms with van der Waals surface area (Å²) < 4.78 is 5.11. The maximum Gasteiger partial charge on any atom is 0.304 e. The third kappa shape index (κ3) is 4.07. The number of ether oxygens (including phenoxy) is 1. The van der Waals surface area contributed by atoms with Crippen LogP contribution < -0.4 is 0 Å². The van der Waals surface area contributed by atoms with E-state index in [0.717, 1.165) is 26.1 Å². The van der Waals surface area contributed by atoms with Crippen molar-refractivity contribution < 1.29 is 14.6 Å². The number of likely N-dealkylation sites (tertiary alicyclic amines) is 1. The van der Waals surface area contributed by atoms with Crippen LogP contribution in [0.15, 0.2) is 0 Å². The summed E-state index contributed by atoms with van der Waals surface area (Å²) in [6.07, 6.45) is 2.62. The molecule has 0 radical (unpaired) electrons. The third-order valence-electron chi connectivity index (χ3n) is 2.65. The molecule has 0 unspecified atom stereocenters. The topological polar surface area (TPSA) is 49.8 Å². The number of carboxylic acids is 1. The van der Waals surface area contributed by atoms with Gasteiger partial charge in [-0.05, 0) is 25.3 Å². The van der Waals surface area contributed by atoms with Gasteiger partial charge in [-0.1, -0.05) is 0 Å². The summed E-state index contributed by atoms with van der Waals surface area (Å²) in [5, 5.41) is 8.56. The Hall–Kier alpha value is -0.610. The molecule has 1 aliphatic heterocycles. The molecule has 0 spiro atoms. The van der Waals surface area contributed by atoms with Gasteiger partial charge in [0.1, 0.15) is 0 Å². The number of hydrogen-bond acceptors (Lipinski definition) is 3. The lowest BCUT2D eigenvalue weighted by Crippen LogP contribution is -2.38. The number of methoxy groups -OCH3 is 1. The molecule has 0 aromatic rings. The fourth-order valence-corrected chi connectivity index (χ4v) is 1.98. The van der Waals surface area contributed by atoms with E-state index < -0.39 is 5.97 Å². The lowest BCUT2D eigenvalue weighted by molar-refractivity contribution is -0.137. The zero-order chi connectivity index (χ0) is 10.4. The van der Waals surface area contributed by atoms with E-state index in [1.165, 1.54) is 6.42 Å². The molecule has 0 bridgehead atoms. The average molecular weight is 201 g/mol. The van der Waals surface area contributed by atoms with Crippen LogP contribution in [-0.2, 0) is 9.53 Å². The first-order valence-corrected chi connectivity index (χ1v) is 5.15. The zero-order valence-electron chi connectivity index (χ0n) is 8.74. The highest BCUT2D eigenvalue weighted by Gasteiger charge is 2.19. The quantitative estimate of drug-likeness (QED) is 0.715. The molecule has 1 saturated heterocycles. The molecule has 0 aliphatic carbocycles. The van der Waals surface area contributed by atoms with Gasteiger partial charge in [-0.15, -0.1) is 0 Å². The van der Waals surface area contributed by atoms with Gasteiger partial charge in [0.25, 0.3) is 0 Å². The second-order valence-electron chi connectivity index (χ2n) is 3.91. The summed E-state index contributed by atoms with van der Waals surface area (Å²) >= 11 is 0. The zero-order valence-corrected chi connectivity index (χ0v) is 8.74. The average Bonchev–Trinajstić information content (AvgIpc) is 2.16. The van der Waals surface area contributed by atoms with Crippen LogP contribution >= 0.6 is 0 Å². The molecule has 1 fully saturated rings. The molecule has 1 rings (SSSR count). The summed E-state index contributed by atoms with van der Waals surface area (Å²) in [4.78, 5) is 12.6. The molecule has 82 valence electrons. The van der Waals surface area contributed by atoms with Gasteiger partial charge in [0, 0.05) is 20.2 Å². The van der Waals surface area contributed by atoms with Crippen molar-refractivity contribution in [2.75, 3.05) is 33.4 Å². The standard InChI is InChI=1S/C10H19NO3/c1-14-8-9-3-2-5-11(7-9)6-4-10(12)13/h9H,2-8H2,1H3,(H,12,13)/t9-/m1/s1. The molecule has 1 aliphatic rings. The summed E-state index contributed by atoms with van der Waals surface area (Å²) in [6.45, 7) is 3.49. The van der Waals surface area contributed by atoms with E-state index in [-0.39, 0.29) is 6.42 Å². The molecular formula is C10H19NO3. The Kier molecular flexibility index (Phi) is 4.90. The van der Waals surface area contributed by atoms with E-state index in [4.69, 9.17) is 9.84 Å². The second-order valence-corrected chi connectivity index (χ2v) is 3.91. The smallest absolute Gasteiger partial charge is 0.304 e. The van der Waals surface area contributed by atoms with Crippen LogP contribution in [0.4, 0.5) is 0 Å². The second kappa shape index (κ2) is 5.98. The molecule has 4 nitrogen and oxygen atoms in total. The van der Waals surface area contributed by atoms with E-state index in [2.05, 4.69) is 4.90 Å². The predicted molar refractivity (Wildman–Crippen MR) is 53.3 cm³/mol. The van der Waals surface area contributed by atoms with Crippen LogP contribution in [0.1, 0.15) is 19.3 Å². The minimum atomic E-state index is -0.709. The number of aliphatic carboxylic acids is 1. The van der Waals surface area contributed by atoms with Crippen LogP contribution in [0, 0.1) is 5.92 Å². The van der Waals surface area contributed by atoms with Crippen LogP contribution in [-0.4, -0.2) is 49.3 Å². The van der Waals surface area contributed by atoms with Crippen molar-refractivity contribution in [2.24, 2.45) is 5.92 Å². The van der Waals surface area contributed by atoms with Gasteiger partial charge in [0.2, 0.25) is 0 Å². The fourth-order valence-electron chi connectivity index (χ4n) is 1.98. The monoisotopic (exact) mass is 201 g/mol. The molecule has 0 saturated carbocycles. The largest absolute Gasteiger partial charge is 0.481 e. The van der Waals surface area contributed by atoms with E-state index in [0.29, 0.717) is 12.5 Å². The Labute approximate surface area is 84.8 Å². The fraction of sp³-hybridized carbons (Fsp3) is 0.900. The maximum atomic E-state index is 10.4. The first-order valence-electron chi connectivity index (χ1n) is 5.15. The van der Waals surface area contributed by atoms with Crippen molar-refractivity contribution in [2.45, 2.75) is 19.3 Å². The van der Waals surface area contributed by atoms with Crippen LogP contribution in [0.5, 0.6) is 0 Å². The Morgan fingerprint density at radius 1 is 1.64 bits per heavy atom. The molecule has 14 heavy (non-hydrogen) atoms. The number of piperidine rings is 1. The molecule has 4 heteroatoms. The van der Waals surface area contributed by atoms with Crippen molar-refractivity contribution >= 4 is 5.97 Å². The number of rotatable bonds is 5. The van der Waals surface area contributed by atoms with Gasteiger partial charge in [0.15, 0.2) is 0 Å². The molecule has 0 aromatic carbocycles. The number of hydrogen-bond donors (Lipinski definition) is 1. The molecule has 1 heterocycles. The number of nitrogens with zero attached hydrogens (tertiary/aromatic N) is 1. The van der Waals surface area contributed by atoms with Crippen molar-refractivity contribution in [3.8, 4) is 0 Å². The van der Waals surface area contributed by atoms with Crippen LogP contribution in [0.25, 0.3) is 0 Å². The van der Waals surface area contributed by atoms with Crippen molar-refractivity contribution in [1.82, 2.24) is 4.90 Å². The Morgan fingerprint density at radius 2 is 2.43 bits per heavy atom. The van der Waals surface area contributed by atoms with Crippen molar-refractivity contribution in [1.29, 1.82) is 0 Å². The minimum absolute atomic E-state index is 0.250. The number of carbonyl (C=O) groups is 1. The maximum absolute atomic E-state index is 10.4. The predicted octanol–water partition coefficient (Wildman–Crippen LogP) is 0.820. The van der Waals surface area contributed by atoms with Crippen molar-refractivity contribution in [3.63, 3.8) is 0 Å². The summed E-state index contributed by atoms with van der Waals surface area (Å²) in [7, 11) is 1.72. The third-order valence-corrected chi connectivity index (χ3v) is 2.65. The SMILES string of the molecule is COC[C@@H]1CCCN(CCC(=O)O)C1. The van der Waals surface area contributed by atoms with E-state index in [9.17, 15) is 4.79 Å². The summed E-state index contributed by atoms with van der Waals surface area (Å²) in [6, 6.07) is 0. The minimum Gasteiger partial charge on any atom is -0.481 e. The van der Waals surface area contributed by atoms with E-state index >= 15 is 0 Å². The lowest BCUT2D eigenvalue weighted by Gasteiger charge is -2.31. The van der Waals surface area contributed by atoms with E-state index in [1.54, 1.807) is 7.11 Å². The highest BCUT2D eigenvalue weighted by molar-refractivity contribution is 5.66. The molecular weight excluding hydrogens is 182 g/mol. The highest BCUT2D eigenvalue weighted by atomic mass is 16.5. The van der Waals surface area contributed by atoms with Crippen LogP contribution in [0.2, 0.25) is 0 Å². The van der Waals surface area contributed by atoms with Gasteiger partial charge >= 0.3 is 5.97 Å². The first-order chi connectivity index (χ1) is 6.72. The summed E-state index contributed by atoms with van der Waals surface area (Å²) in [5.41, 5.74) is 0. The van der Waals surface area contributed by atoms with Gasteiger partial charge in [-0.3, -0.25) is 4.79 Å². The van der Waals surface area contributed by atoms with Crippen LogP contribution in [0.3, 0.4) is 0 Å². The van der Waals surface area contributed by atoms with Gasteiger partial charge in [-0.2, -0.15) is 0 Å². The molecule has 0 aromatic heterocycles. The normalized spacial score (nSPS) is 23.6. The Bertz CT molecular complexity index is 182. The van der Waals surface area contributed by atoms with Crippen molar-refractivity contribution in [3.05, 3.63) is 0 Å². The molecule has 0 amide bonds. The molecule has 1 N–H and O–H groups in total. The Morgan fingerprint density at radius 3 is 3.07 bits per heavy atom. The van der Waals surface area contributed by atoms with Gasteiger partial charge in [0.05, 0.1) is 13.0 Å². The number of carboxylic acid groups (broad SMARTS) is 1. The Balaban J connectivity index is 2.21. The van der Waals surface area contributed by atoms with E-state index in [1.807, 2.05) is 0 Å².